The molecule has 1 aromatic carbocycles. The number of carbonyl (C=O) groups is 1. The van der Waals surface area contributed by atoms with E-state index in [0.29, 0.717) is 16.3 Å². The van der Waals surface area contributed by atoms with Crippen LogP contribution in [0.5, 0.6) is 5.75 Å². The smallest absolute Gasteiger partial charge is 0.332 e. The van der Waals surface area contributed by atoms with Crippen LogP contribution in [-0.2, 0) is 16.0 Å². The Labute approximate surface area is 120 Å². The molecule has 0 spiro atoms. The van der Waals surface area contributed by atoms with Gasteiger partial charge in [0.2, 0.25) is 0 Å². The maximum absolute atomic E-state index is 13.1. The van der Waals surface area contributed by atoms with Crippen molar-refractivity contribution in [3.8, 4) is 5.75 Å². The van der Waals surface area contributed by atoms with Gasteiger partial charge in [-0.15, -0.1) is 0 Å². The molecule has 1 aromatic rings. The maximum atomic E-state index is 13.1. The van der Waals surface area contributed by atoms with Crippen LogP contribution in [0.2, 0.25) is 5.02 Å². The predicted molar refractivity (Wildman–Crippen MR) is 71.3 cm³/mol. The molecule has 0 bridgehead atoms. The van der Waals surface area contributed by atoms with E-state index >= 15 is 0 Å². The fourth-order valence-corrected chi connectivity index (χ4v) is 1.85. The highest BCUT2D eigenvalue weighted by molar-refractivity contribution is 6.32. The molecule has 0 radical (unpaired) electrons. The van der Waals surface area contributed by atoms with Gasteiger partial charge in [0, 0.05) is 6.42 Å². The standard InChI is InChI=1S/C13H16ClF2NO3/c1-3-20-12(18)13(17,11(15)16)7-8-4-5-9(14)10(6-8)19-2/h4-6,11H,3,7,17H2,1-2H3. The van der Waals surface area contributed by atoms with Crippen molar-refractivity contribution in [1.82, 2.24) is 0 Å². The second-order valence-corrected chi connectivity index (χ2v) is 4.61. The normalized spacial score (nSPS) is 13.9. The predicted octanol–water partition coefficient (Wildman–Crippen LogP) is 2.42. The third-order valence-corrected chi connectivity index (χ3v) is 3.07. The Morgan fingerprint density at radius 1 is 1.50 bits per heavy atom. The molecule has 0 saturated heterocycles. The lowest BCUT2D eigenvalue weighted by atomic mass is 9.92. The summed E-state index contributed by atoms with van der Waals surface area (Å²) in [5.41, 5.74) is 3.54. The van der Waals surface area contributed by atoms with Crippen molar-refractivity contribution in [2.45, 2.75) is 25.3 Å². The zero-order valence-corrected chi connectivity index (χ0v) is 11.9. The highest BCUT2D eigenvalue weighted by atomic mass is 35.5. The van der Waals surface area contributed by atoms with E-state index in [2.05, 4.69) is 4.74 Å². The largest absolute Gasteiger partial charge is 0.495 e. The zero-order chi connectivity index (χ0) is 15.3. The second-order valence-electron chi connectivity index (χ2n) is 4.21. The summed E-state index contributed by atoms with van der Waals surface area (Å²) >= 11 is 5.85. The van der Waals surface area contributed by atoms with E-state index in [9.17, 15) is 13.6 Å². The molecule has 20 heavy (non-hydrogen) atoms. The summed E-state index contributed by atoms with van der Waals surface area (Å²) in [6.07, 6.45) is -3.43. The van der Waals surface area contributed by atoms with E-state index in [-0.39, 0.29) is 13.0 Å². The third kappa shape index (κ3) is 3.58. The van der Waals surface area contributed by atoms with Crippen LogP contribution in [0.25, 0.3) is 0 Å². The van der Waals surface area contributed by atoms with Gasteiger partial charge in [0.15, 0.2) is 5.54 Å². The van der Waals surface area contributed by atoms with Crippen molar-refractivity contribution in [1.29, 1.82) is 0 Å². The molecule has 7 heteroatoms. The zero-order valence-electron chi connectivity index (χ0n) is 11.2. The van der Waals surface area contributed by atoms with E-state index in [1.807, 2.05) is 0 Å². The monoisotopic (exact) mass is 307 g/mol. The van der Waals surface area contributed by atoms with Crippen LogP contribution >= 0.6 is 11.6 Å². The molecular weight excluding hydrogens is 292 g/mol. The van der Waals surface area contributed by atoms with Gasteiger partial charge in [0.25, 0.3) is 6.43 Å². The number of carbonyl (C=O) groups excluding carboxylic acids is 1. The highest BCUT2D eigenvalue weighted by Crippen LogP contribution is 2.28. The van der Waals surface area contributed by atoms with Gasteiger partial charge >= 0.3 is 5.97 Å². The average molecular weight is 308 g/mol. The molecule has 0 amide bonds. The van der Waals surface area contributed by atoms with Crippen molar-refractivity contribution >= 4 is 17.6 Å². The summed E-state index contributed by atoms with van der Waals surface area (Å²) in [5, 5.41) is 0.340. The Morgan fingerprint density at radius 3 is 2.65 bits per heavy atom. The van der Waals surface area contributed by atoms with Crippen molar-refractivity contribution in [2.75, 3.05) is 13.7 Å². The second kappa shape index (κ2) is 6.85. The number of rotatable bonds is 6. The van der Waals surface area contributed by atoms with Crippen LogP contribution in [0.4, 0.5) is 8.78 Å². The molecule has 0 aliphatic heterocycles. The molecule has 0 heterocycles. The fraction of sp³-hybridized carbons (Fsp3) is 0.462. The molecular formula is C13H16ClF2NO3. The fourth-order valence-electron chi connectivity index (χ4n) is 1.66. The SMILES string of the molecule is CCOC(=O)C(N)(Cc1ccc(Cl)c(OC)c1)C(F)F. The molecule has 0 aliphatic carbocycles. The lowest BCUT2D eigenvalue weighted by molar-refractivity contribution is -0.156. The topological polar surface area (TPSA) is 61.5 Å². The highest BCUT2D eigenvalue weighted by Gasteiger charge is 2.45. The van der Waals surface area contributed by atoms with Crippen molar-refractivity contribution < 1.29 is 23.0 Å². The Morgan fingerprint density at radius 2 is 2.15 bits per heavy atom. The van der Waals surface area contributed by atoms with E-state index in [1.54, 1.807) is 0 Å². The summed E-state index contributed by atoms with van der Waals surface area (Å²) in [7, 11) is 1.40. The number of ether oxygens (including phenoxy) is 2. The number of esters is 1. The lowest BCUT2D eigenvalue weighted by Crippen LogP contribution is -2.56. The van der Waals surface area contributed by atoms with Crippen LogP contribution in [0, 0.1) is 0 Å². The molecule has 0 aliphatic rings. The molecule has 0 aromatic heterocycles. The van der Waals surface area contributed by atoms with Gasteiger partial charge in [0.1, 0.15) is 5.75 Å². The van der Waals surface area contributed by atoms with Crippen molar-refractivity contribution in [3.05, 3.63) is 28.8 Å². The number of nitrogens with two attached hydrogens (primary N) is 1. The first-order valence-corrected chi connectivity index (χ1v) is 6.29. The number of hydrogen-bond donors (Lipinski definition) is 1. The van der Waals surface area contributed by atoms with Crippen molar-refractivity contribution in [2.24, 2.45) is 5.73 Å². The van der Waals surface area contributed by atoms with Crippen LogP contribution in [0.15, 0.2) is 18.2 Å². The Kier molecular flexibility index (Phi) is 5.71. The molecule has 0 fully saturated rings. The van der Waals surface area contributed by atoms with Gasteiger partial charge in [0.05, 0.1) is 18.7 Å². The minimum atomic E-state index is -3.05. The summed E-state index contributed by atoms with van der Waals surface area (Å²) in [6.45, 7) is 1.50. The Bertz CT molecular complexity index is 485. The molecule has 1 unspecified atom stereocenters. The van der Waals surface area contributed by atoms with E-state index in [0.717, 1.165) is 0 Å². The number of halogens is 3. The van der Waals surface area contributed by atoms with Gasteiger partial charge in [-0.2, -0.15) is 0 Å². The molecule has 1 rings (SSSR count). The maximum Gasteiger partial charge on any atom is 0.332 e. The first-order chi connectivity index (χ1) is 9.35. The summed E-state index contributed by atoms with van der Waals surface area (Å²) in [5.74, 6) is -0.812. The number of alkyl halides is 2. The Balaban J connectivity index is 3.05. The molecule has 112 valence electrons. The summed E-state index contributed by atoms with van der Waals surface area (Å²) < 4.78 is 35.9. The molecule has 0 saturated carbocycles. The third-order valence-electron chi connectivity index (χ3n) is 2.76. The molecule has 2 N–H and O–H groups in total. The van der Waals surface area contributed by atoms with Crippen LogP contribution < -0.4 is 10.5 Å². The first-order valence-electron chi connectivity index (χ1n) is 5.91. The summed E-state index contributed by atoms with van der Waals surface area (Å²) in [4.78, 5) is 11.6. The van der Waals surface area contributed by atoms with Crippen LogP contribution in [0.1, 0.15) is 12.5 Å². The van der Waals surface area contributed by atoms with Crippen LogP contribution in [0.3, 0.4) is 0 Å². The van der Waals surface area contributed by atoms with Gasteiger partial charge in [-0.05, 0) is 24.6 Å². The van der Waals surface area contributed by atoms with E-state index in [1.165, 1.54) is 32.2 Å². The lowest BCUT2D eigenvalue weighted by Gasteiger charge is -2.26. The Hall–Kier alpha value is -1.40. The van der Waals surface area contributed by atoms with E-state index < -0.39 is 17.9 Å². The minimum Gasteiger partial charge on any atom is -0.495 e. The number of benzene rings is 1. The molecule has 4 nitrogen and oxygen atoms in total. The average Bonchev–Trinajstić information content (AvgIpc) is 2.40. The van der Waals surface area contributed by atoms with Gasteiger partial charge < -0.3 is 15.2 Å². The first kappa shape index (κ1) is 16.7. The van der Waals surface area contributed by atoms with Crippen LogP contribution in [-0.4, -0.2) is 31.7 Å². The van der Waals surface area contributed by atoms with Gasteiger partial charge in [-0.1, -0.05) is 17.7 Å². The molecule has 1 atom stereocenters. The van der Waals surface area contributed by atoms with E-state index in [4.69, 9.17) is 22.1 Å². The summed E-state index contributed by atoms with van der Waals surface area (Å²) in [6, 6.07) is 4.46. The van der Waals surface area contributed by atoms with Crippen molar-refractivity contribution in [3.63, 3.8) is 0 Å². The number of methoxy groups -OCH3 is 1. The van der Waals surface area contributed by atoms with Gasteiger partial charge in [-0.25, -0.2) is 13.6 Å². The minimum absolute atomic E-state index is 0.0194. The quantitative estimate of drug-likeness (QED) is 0.820. The number of hydrogen-bond acceptors (Lipinski definition) is 4. The van der Waals surface area contributed by atoms with Gasteiger partial charge in [-0.3, -0.25) is 0 Å².